The molecule has 4 aromatic rings. The Bertz CT molecular complexity index is 2030. The van der Waals surface area contributed by atoms with Gasteiger partial charge in [0, 0.05) is 34.1 Å². The molecule has 2 N–H and O–H groups in total. The number of fused-ring (bicyclic) bond motifs is 1. The number of hydrogen-bond donors (Lipinski definition) is 2. The summed E-state index contributed by atoms with van der Waals surface area (Å²) < 4.78 is 0. The molecular weight excluding hydrogens is 685 g/mol. The van der Waals surface area contributed by atoms with Gasteiger partial charge in [-0.2, -0.15) is 0 Å². The number of carbonyl (C=O) groups excluding carboxylic acids is 1. The van der Waals surface area contributed by atoms with Gasteiger partial charge in [-0.15, -0.1) is 0 Å². The standard InChI is InChI=1S/C18H26N2.C17H25N.C16H25NO/c1-12-10-13(8-9-14(12)17(2,3)4)15-11-19-16(20-15)18(5,6)7;1-11-8-12-9-15(17(5,6)7)18-14(12)10-13(11)16(2,3)4;1-11-10-12(17-14(18)16(5,6)7)8-9-13(11)15(2,3)4/h8-11H,1-7H3,(H,19,20);8,10H,9H2,1-7H3;8-10H,1-7H3,(H,17,18). The lowest BCUT2D eigenvalue weighted by Gasteiger charge is -2.23. The van der Waals surface area contributed by atoms with Crippen LogP contribution in [0.5, 0.6) is 0 Å². The fourth-order valence-electron chi connectivity index (χ4n) is 7.03. The average molecular weight is 761 g/mol. The number of aliphatic imine (C=N–C) groups is 1. The summed E-state index contributed by atoms with van der Waals surface area (Å²) in [6.07, 6.45) is 2.95. The first-order valence-corrected chi connectivity index (χ1v) is 20.5. The minimum absolute atomic E-state index is 0.0467. The van der Waals surface area contributed by atoms with Crippen LogP contribution >= 0.6 is 0 Å². The molecule has 5 nitrogen and oxygen atoms in total. The highest BCUT2D eigenvalue weighted by molar-refractivity contribution is 5.97. The Labute approximate surface area is 342 Å². The smallest absolute Gasteiger partial charge is 0.229 e. The molecule has 56 heavy (non-hydrogen) atoms. The summed E-state index contributed by atoms with van der Waals surface area (Å²) in [5.41, 5.74) is 15.5. The molecule has 0 spiro atoms. The highest BCUT2D eigenvalue weighted by Gasteiger charge is 2.28. The Morgan fingerprint density at radius 2 is 1.09 bits per heavy atom. The first-order chi connectivity index (χ1) is 25.2. The minimum Gasteiger partial charge on any atom is -0.342 e. The predicted molar refractivity (Wildman–Crippen MR) is 244 cm³/mol. The van der Waals surface area contributed by atoms with Crippen molar-refractivity contribution in [3.63, 3.8) is 0 Å². The Morgan fingerprint density at radius 1 is 0.589 bits per heavy atom. The second-order valence-electron chi connectivity index (χ2n) is 22.2. The summed E-state index contributed by atoms with van der Waals surface area (Å²) in [6, 6.07) is 17.4. The van der Waals surface area contributed by atoms with Crippen LogP contribution in [-0.4, -0.2) is 21.6 Å². The fourth-order valence-corrected chi connectivity index (χ4v) is 7.03. The topological polar surface area (TPSA) is 70.1 Å². The van der Waals surface area contributed by atoms with Gasteiger partial charge in [0.2, 0.25) is 5.91 Å². The number of anilines is 1. The molecule has 5 rings (SSSR count). The number of nitrogens with one attached hydrogen (secondary N) is 2. The summed E-state index contributed by atoms with van der Waals surface area (Å²) in [4.78, 5) is 24.7. The van der Waals surface area contributed by atoms with Gasteiger partial charge in [-0.05, 0) is 106 Å². The van der Waals surface area contributed by atoms with Crippen LogP contribution < -0.4 is 5.32 Å². The van der Waals surface area contributed by atoms with Crippen molar-refractivity contribution in [2.45, 2.75) is 173 Å². The number of aromatic nitrogens is 2. The monoisotopic (exact) mass is 761 g/mol. The van der Waals surface area contributed by atoms with Gasteiger partial charge in [-0.25, -0.2) is 4.98 Å². The van der Waals surface area contributed by atoms with Crippen LogP contribution in [0, 0.1) is 31.6 Å². The summed E-state index contributed by atoms with van der Waals surface area (Å²) in [6.45, 7) is 45.6. The maximum atomic E-state index is 11.9. The van der Waals surface area contributed by atoms with Crippen molar-refractivity contribution in [2.75, 3.05) is 5.32 Å². The van der Waals surface area contributed by atoms with Crippen LogP contribution in [0.2, 0.25) is 0 Å². The van der Waals surface area contributed by atoms with Crippen molar-refractivity contribution in [3.8, 4) is 11.3 Å². The normalized spacial score (nSPS) is 13.6. The van der Waals surface area contributed by atoms with Gasteiger partial charge in [0.1, 0.15) is 5.82 Å². The molecule has 0 aliphatic carbocycles. The molecule has 0 bridgehead atoms. The number of nitrogens with zero attached hydrogens (tertiary/aromatic N) is 2. The molecule has 1 aromatic heterocycles. The summed E-state index contributed by atoms with van der Waals surface area (Å²) in [5, 5.41) is 2.96. The second kappa shape index (κ2) is 16.5. The molecule has 0 saturated carbocycles. The third-order valence-electron chi connectivity index (χ3n) is 10.3. The molecular formula is C51H76N4O. The predicted octanol–water partition coefficient (Wildman–Crippen LogP) is 14.2. The van der Waals surface area contributed by atoms with E-state index in [1.807, 2.05) is 39.1 Å². The molecule has 1 amide bonds. The van der Waals surface area contributed by atoms with Crippen LogP contribution in [0.4, 0.5) is 11.4 Å². The molecule has 0 fully saturated rings. The van der Waals surface area contributed by atoms with Crippen molar-refractivity contribution in [1.29, 1.82) is 0 Å². The fraction of sp³-hybridized carbons (Fsp3) is 0.549. The lowest BCUT2D eigenvalue weighted by Crippen LogP contribution is -2.27. The number of aryl methyl sites for hydroxylation is 3. The van der Waals surface area contributed by atoms with Gasteiger partial charge in [0.05, 0.1) is 17.6 Å². The number of imidazole rings is 1. The zero-order chi connectivity index (χ0) is 43.0. The van der Waals surface area contributed by atoms with E-state index in [2.05, 4.69) is 176 Å². The van der Waals surface area contributed by atoms with E-state index in [0.29, 0.717) is 0 Å². The van der Waals surface area contributed by atoms with Crippen molar-refractivity contribution >= 4 is 23.0 Å². The van der Waals surface area contributed by atoms with Crippen molar-refractivity contribution in [1.82, 2.24) is 9.97 Å². The third-order valence-corrected chi connectivity index (χ3v) is 10.3. The van der Waals surface area contributed by atoms with E-state index in [1.54, 1.807) is 0 Å². The van der Waals surface area contributed by atoms with Crippen LogP contribution in [0.25, 0.3) is 11.3 Å². The highest BCUT2D eigenvalue weighted by Crippen LogP contribution is 2.38. The van der Waals surface area contributed by atoms with Crippen LogP contribution in [0.1, 0.15) is 169 Å². The van der Waals surface area contributed by atoms with E-state index >= 15 is 0 Å². The van der Waals surface area contributed by atoms with E-state index in [1.165, 1.54) is 55.9 Å². The number of hydrogen-bond acceptors (Lipinski definition) is 3. The maximum absolute atomic E-state index is 11.9. The lowest BCUT2D eigenvalue weighted by atomic mass is 9.82. The second-order valence-corrected chi connectivity index (χ2v) is 22.2. The largest absolute Gasteiger partial charge is 0.342 e. The first-order valence-electron chi connectivity index (χ1n) is 20.5. The number of H-pyrrole nitrogens is 1. The molecule has 0 atom stereocenters. The van der Waals surface area contributed by atoms with Gasteiger partial charge < -0.3 is 10.3 Å². The van der Waals surface area contributed by atoms with Gasteiger partial charge >= 0.3 is 0 Å². The molecule has 0 unspecified atom stereocenters. The van der Waals surface area contributed by atoms with Crippen LogP contribution in [-0.2, 0) is 32.9 Å². The zero-order valence-electron chi connectivity index (χ0n) is 39.2. The molecule has 0 saturated heterocycles. The van der Waals surface area contributed by atoms with E-state index in [0.717, 1.165) is 23.6 Å². The SMILES string of the molecule is Cc1cc(-c2cnc(C(C)(C)C)[nH]2)ccc1C(C)(C)C.Cc1cc(NC(=O)C(C)(C)C)ccc1C(C)(C)C.Cc1cc2c(cc1C(C)(C)C)N=C(C(C)(C)C)C2. The molecule has 5 heteroatoms. The Kier molecular flexibility index (Phi) is 13.6. The molecule has 1 aliphatic rings. The van der Waals surface area contributed by atoms with Crippen molar-refractivity contribution in [2.24, 2.45) is 15.8 Å². The third kappa shape index (κ3) is 12.3. The number of benzene rings is 3. The van der Waals surface area contributed by atoms with Gasteiger partial charge in [0.15, 0.2) is 0 Å². The minimum atomic E-state index is -0.364. The van der Waals surface area contributed by atoms with Gasteiger partial charge in [0.25, 0.3) is 0 Å². The lowest BCUT2D eigenvalue weighted by molar-refractivity contribution is -0.123. The van der Waals surface area contributed by atoms with Crippen LogP contribution in [0.15, 0.2) is 59.7 Å². The summed E-state index contributed by atoms with van der Waals surface area (Å²) in [5.74, 6) is 1.08. The number of rotatable bonds is 2. The Balaban J connectivity index is 0.000000226. The molecule has 306 valence electrons. The summed E-state index contributed by atoms with van der Waals surface area (Å²) in [7, 11) is 0. The zero-order valence-corrected chi connectivity index (χ0v) is 39.2. The van der Waals surface area contributed by atoms with Crippen LogP contribution in [0.3, 0.4) is 0 Å². The molecule has 1 aliphatic heterocycles. The molecule has 0 radical (unpaired) electrons. The first kappa shape index (κ1) is 46.4. The van der Waals surface area contributed by atoms with Gasteiger partial charge in [-0.1, -0.05) is 149 Å². The van der Waals surface area contributed by atoms with E-state index in [4.69, 9.17) is 4.99 Å². The average Bonchev–Trinajstić information content (AvgIpc) is 3.67. The Hall–Kier alpha value is -3.99. The number of amides is 1. The quantitative estimate of drug-likeness (QED) is 0.214. The molecule has 3 aromatic carbocycles. The van der Waals surface area contributed by atoms with E-state index in [-0.39, 0.29) is 38.4 Å². The van der Waals surface area contributed by atoms with E-state index in [9.17, 15) is 4.79 Å². The Morgan fingerprint density at radius 3 is 1.52 bits per heavy atom. The number of aromatic amines is 1. The number of carbonyl (C=O) groups is 1. The maximum Gasteiger partial charge on any atom is 0.229 e. The highest BCUT2D eigenvalue weighted by atomic mass is 16.2. The van der Waals surface area contributed by atoms with Gasteiger partial charge in [-0.3, -0.25) is 9.79 Å². The van der Waals surface area contributed by atoms with Crippen molar-refractivity contribution < 1.29 is 4.79 Å². The summed E-state index contributed by atoms with van der Waals surface area (Å²) >= 11 is 0. The van der Waals surface area contributed by atoms with Crippen molar-refractivity contribution in [3.05, 3.63) is 99.5 Å². The molecule has 2 heterocycles. The van der Waals surface area contributed by atoms with E-state index < -0.39 is 0 Å².